The van der Waals surface area contributed by atoms with Crippen LogP contribution in [0.3, 0.4) is 0 Å². The molecule has 0 radical (unpaired) electrons. The molecular formula is C9H9BrClNO4. The minimum absolute atomic E-state index is 0.0429. The first-order valence-corrected chi connectivity index (χ1v) is 5.66. The standard InChI is InChI=1S/C9H9BrClNO4/c10-5-1-2-6(7(3-5)12(15)16)9(14)8(13)4-11/h1-3,8-9,13-14H,4H2. The van der Waals surface area contributed by atoms with E-state index in [2.05, 4.69) is 15.9 Å². The van der Waals surface area contributed by atoms with Crippen molar-refractivity contribution in [2.75, 3.05) is 5.88 Å². The second-order valence-corrected chi connectivity index (χ2v) is 4.35. The van der Waals surface area contributed by atoms with E-state index in [4.69, 9.17) is 11.6 Å². The summed E-state index contributed by atoms with van der Waals surface area (Å²) in [4.78, 5) is 10.1. The van der Waals surface area contributed by atoms with Crippen LogP contribution in [0.25, 0.3) is 0 Å². The lowest BCUT2D eigenvalue weighted by atomic mass is 10.0. The highest BCUT2D eigenvalue weighted by molar-refractivity contribution is 9.10. The van der Waals surface area contributed by atoms with Crippen molar-refractivity contribution in [3.63, 3.8) is 0 Å². The van der Waals surface area contributed by atoms with Crippen molar-refractivity contribution in [1.29, 1.82) is 0 Å². The van der Waals surface area contributed by atoms with Gasteiger partial charge in [0.2, 0.25) is 0 Å². The molecule has 1 aromatic carbocycles. The molecule has 7 heteroatoms. The van der Waals surface area contributed by atoms with E-state index in [1.54, 1.807) is 6.07 Å². The predicted octanol–water partition coefficient (Wildman–Crippen LogP) is 1.99. The molecule has 1 rings (SSSR count). The van der Waals surface area contributed by atoms with Crippen molar-refractivity contribution in [2.45, 2.75) is 12.2 Å². The van der Waals surface area contributed by atoms with Gasteiger partial charge in [-0.1, -0.05) is 15.9 Å². The van der Waals surface area contributed by atoms with E-state index in [1.165, 1.54) is 12.1 Å². The van der Waals surface area contributed by atoms with Gasteiger partial charge in [0, 0.05) is 10.5 Å². The van der Waals surface area contributed by atoms with E-state index in [0.717, 1.165) is 0 Å². The molecule has 0 spiro atoms. The number of aliphatic hydroxyl groups excluding tert-OH is 2. The Kier molecular flexibility index (Phi) is 4.67. The highest BCUT2D eigenvalue weighted by atomic mass is 79.9. The lowest BCUT2D eigenvalue weighted by Gasteiger charge is -2.15. The van der Waals surface area contributed by atoms with Crippen LogP contribution in [0.1, 0.15) is 11.7 Å². The van der Waals surface area contributed by atoms with Crippen LogP contribution in [0.2, 0.25) is 0 Å². The molecule has 0 aromatic heterocycles. The molecule has 0 saturated heterocycles. The second-order valence-electron chi connectivity index (χ2n) is 3.13. The fourth-order valence-electron chi connectivity index (χ4n) is 1.22. The number of alkyl halides is 1. The predicted molar refractivity (Wildman–Crippen MR) is 62.5 cm³/mol. The number of nitro groups is 1. The summed E-state index contributed by atoms with van der Waals surface area (Å²) in [6, 6.07) is 4.19. The highest BCUT2D eigenvalue weighted by Crippen LogP contribution is 2.30. The molecule has 0 amide bonds. The van der Waals surface area contributed by atoms with E-state index < -0.39 is 17.1 Å². The maximum Gasteiger partial charge on any atom is 0.276 e. The van der Waals surface area contributed by atoms with E-state index in [0.29, 0.717) is 4.47 Å². The first kappa shape index (κ1) is 13.4. The molecule has 88 valence electrons. The van der Waals surface area contributed by atoms with Crippen molar-refractivity contribution < 1.29 is 15.1 Å². The van der Waals surface area contributed by atoms with Crippen molar-refractivity contribution in [3.05, 3.63) is 38.3 Å². The zero-order valence-corrected chi connectivity index (χ0v) is 10.3. The van der Waals surface area contributed by atoms with Crippen LogP contribution in [0.4, 0.5) is 5.69 Å². The zero-order valence-electron chi connectivity index (χ0n) is 8.01. The average molecular weight is 311 g/mol. The molecule has 0 aliphatic carbocycles. The van der Waals surface area contributed by atoms with Gasteiger partial charge < -0.3 is 10.2 Å². The van der Waals surface area contributed by atoms with E-state index in [-0.39, 0.29) is 17.1 Å². The summed E-state index contributed by atoms with van der Waals surface area (Å²) in [7, 11) is 0. The van der Waals surface area contributed by atoms with Crippen molar-refractivity contribution in [1.82, 2.24) is 0 Å². The lowest BCUT2D eigenvalue weighted by Crippen LogP contribution is -2.20. The molecule has 1 aromatic rings. The number of benzene rings is 1. The fourth-order valence-corrected chi connectivity index (χ4v) is 1.73. The number of nitrogens with zero attached hydrogens (tertiary/aromatic N) is 1. The molecule has 2 atom stereocenters. The topological polar surface area (TPSA) is 83.6 Å². The van der Waals surface area contributed by atoms with Crippen LogP contribution < -0.4 is 0 Å². The molecule has 2 unspecified atom stereocenters. The summed E-state index contributed by atoms with van der Waals surface area (Å²) in [5, 5.41) is 29.7. The SMILES string of the molecule is O=[N+]([O-])c1cc(Br)ccc1C(O)C(O)CCl. The maximum atomic E-state index is 10.7. The van der Waals surface area contributed by atoms with Crippen LogP contribution in [0, 0.1) is 10.1 Å². The number of nitro benzene ring substituents is 1. The van der Waals surface area contributed by atoms with Gasteiger partial charge in [0.15, 0.2) is 0 Å². The van der Waals surface area contributed by atoms with E-state index in [9.17, 15) is 20.3 Å². The zero-order chi connectivity index (χ0) is 12.3. The smallest absolute Gasteiger partial charge is 0.276 e. The van der Waals surface area contributed by atoms with Crippen molar-refractivity contribution in [2.24, 2.45) is 0 Å². The van der Waals surface area contributed by atoms with E-state index in [1.807, 2.05) is 0 Å². The summed E-state index contributed by atoms with van der Waals surface area (Å²) in [6.45, 7) is 0. The van der Waals surface area contributed by atoms with Crippen LogP contribution in [-0.2, 0) is 0 Å². The van der Waals surface area contributed by atoms with Gasteiger partial charge in [0.25, 0.3) is 5.69 Å². The van der Waals surface area contributed by atoms with Crippen molar-refractivity contribution >= 4 is 33.2 Å². The lowest BCUT2D eigenvalue weighted by molar-refractivity contribution is -0.386. The Bertz CT molecular complexity index is 401. The van der Waals surface area contributed by atoms with Gasteiger partial charge in [0.05, 0.1) is 22.5 Å². The summed E-state index contributed by atoms with van der Waals surface area (Å²) >= 11 is 8.46. The first-order valence-electron chi connectivity index (χ1n) is 4.33. The quantitative estimate of drug-likeness (QED) is 0.506. The van der Waals surface area contributed by atoms with Gasteiger partial charge in [0.1, 0.15) is 6.10 Å². The Morgan fingerprint density at radius 1 is 1.50 bits per heavy atom. The maximum absolute atomic E-state index is 10.7. The number of halogens is 2. The molecule has 0 fully saturated rings. The number of hydrogen-bond donors (Lipinski definition) is 2. The van der Waals surface area contributed by atoms with Crippen molar-refractivity contribution in [3.8, 4) is 0 Å². The van der Waals surface area contributed by atoms with Crippen LogP contribution >= 0.6 is 27.5 Å². The molecular weight excluding hydrogens is 301 g/mol. The number of rotatable bonds is 4. The average Bonchev–Trinajstić information content (AvgIpc) is 2.26. The normalized spacial score (nSPS) is 14.5. The Labute approximate surface area is 105 Å². The molecule has 5 nitrogen and oxygen atoms in total. The van der Waals surface area contributed by atoms with Gasteiger partial charge >= 0.3 is 0 Å². The Morgan fingerprint density at radius 3 is 2.62 bits per heavy atom. The van der Waals surface area contributed by atoms with Gasteiger partial charge in [-0.25, -0.2) is 0 Å². The molecule has 16 heavy (non-hydrogen) atoms. The third-order valence-corrected chi connectivity index (χ3v) is 2.84. The van der Waals surface area contributed by atoms with Crippen LogP contribution in [-0.4, -0.2) is 27.1 Å². The van der Waals surface area contributed by atoms with Gasteiger partial charge in [-0.3, -0.25) is 10.1 Å². The number of hydrogen-bond acceptors (Lipinski definition) is 4. The second kappa shape index (κ2) is 5.58. The highest BCUT2D eigenvalue weighted by Gasteiger charge is 2.25. The Morgan fingerprint density at radius 2 is 2.12 bits per heavy atom. The molecule has 2 N–H and O–H groups in total. The molecule has 0 aliphatic rings. The first-order chi connectivity index (χ1) is 7.47. The van der Waals surface area contributed by atoms with Gasteiger partial charge in [-0.15, -0.1) is 11.6 Å². The summed E-state index contributed by atoms with van der Waals surface area (Å²) < 4.78 is 0.524. The summed E-state index contributed by atoms with van der Waals surface area (Å²) in [6.07, 6.45) is -2.60. The van der Waals surface area contributed by atoms with Crippen LogP contribution in [0.5, 0.6) is 0 Å². The van der Waals surface area contributed by atoms with Gasteiger partial charge in [-0.2, -0.15) is 0 Å². The third-order valence-electron chi connectivity index (χ3n) is 2.03. The molecule has 0 aliphatic heterocycles. The Balaban J connectivity index is 3.17. The molecule has 0 bridgehead atoms. The summed E-state index contributed by atoms with van der Waals surface area (Å²) in [5.74, 6) is -0.200. The van der Waals surface area contributed by atoms with Gasteiger partial charge in [-0.05, 0) is 12.1 Å². The Hall–Kier alpha value is -0.690. The third kappa shape index (κ3) is 2.91. The number of aliphatic hydroxyl groups is 2. The monoisotopic (exact) mass is 309 g/mol. The van der Waals surface area contributed by atoms with Crippen LogP contribution in [0.15, 0.2) is 22.7 Å². The largest absolute Gasteiger partial charge is 0.389 e. The van der Waals surface area contributed by atoms with E-state index >= 15 is 0 Å². The minimum Gasteiger partial charge on any atom is -0.389 e. The molecule has 0 saturated carbocycles. The molecule has 0 heterocycles. The minimum atomic E-state index is -1.37. The summed E-state index contributed by atoms with van der Waals surface area (Å²) in [5.41, 5.74) is -0.215. The fraction of sp³-hybridized carbons (Fsp3) is 0.333.